The third-order valence-electron chi connectivity index (χ3n) is 3.22. The molecule has 1 aromatic heterocycles. The first-order valence-electron chi connectivity index (χ1n) is 5.87. The third-order valence-corrected chi connectivity index (χ3v) is 3.72. The number of halogens is 1. The Hall–Kier alpha value is -1.29. The van der Waals surface area contributed by atoms with Gasteiger partial charge in [-0.15, -0.1) is 0 Å². The maximum Gasteiger partial charge on any atom is 0.139 e. The summed E-state index contributed by atoms with van der Waals surface area (Å²) in [6.45, 7) is 0. The number of imidazole rings is 1. The van der Waals surface area contributed by atoms with Gasteiger partial charge in [0.1, 0.15) is 5.82 Å². The number of anilines is 1. The van der Waals surface area contributed by atoms with E-state index in [1.807, 2.05) is 18.2 Å². The molecular formula is C13H14BrN3. The Morgan fingerprint density at radius 3 is 2.82 bits per heavy atom. The highest BCUT2D eigenvalue weighted by molar-refractivity contribution is 9.10. The molecule has 0 spiro atoms. The lowest BCUT2D eigenvalue weighted by Crippen LogP contribution is -2.00. The number of benzene rings is 1. The quantitative estimate of drug-likeness (QED) is 0.792. The van der Waals surface area contributed by atoms with Gasteiger partial charge < -0.3 is 10.7 Å². The topological polar surface area (TPSA) is 54.7 Å². The van der Waals surface area contributed by atoms with E-state index in [4.69, 9.17) is 5.73 Å². The molecule has 0 saturated carbocycles. The predicted molar refractivity (Wildman–Crippen MR) is 72.8 cm³/mol. The van der Waals surface area contributed by atoms with Crippen molar-refractivity contribution in [2.45, 2.75) is 25.7 Å². The lowest BCUT2D eigenvalue weighted by Gasteiger charge is -2.07. The van der Waals surface area contributed by atoms with Crippen LogP contribution in [0, 0.1) is 0 Å². The minimum Gasteiger partial charge on any atom is -0.398 e. The molecule has 4 heteroatoms. The summed E-state index contributed by atoms with van der Waals surface area (Å²) < 4.78 is 0.995. The summed E-state index contributed by atoms with van der Waals surface area (Å²) in [5.41, 5.74) is 10.3. The van der Waals surface area contributed by atoms with Crippen LogP contribution < -0.4 is 5.73 Å². The number of rotatable bonds is 1. The number of H-pyrrole nitrogens is 1. The third kappa shape index (κ3) is 1.97. The molecule has 0 unspecified atom stereocenters. The van der Waals surface area contributed by atoms with Gasteiger partial charge in [-0.05, 0) is 43.9 Å². The van der Waals surface area contributed by atoms with Crippen molar-refractivity contribution in [3.05, 3.63) is 34.1 Å². The molecular weight excluding hydrogens is 278 g/mol. The Morgan fingerprint density at radius 2 is 2.06 bits per heavy atom. The summed E-state index contributed by atoms with van der Waals surface area (Å²) in [5, 5.41) is 0. The zero-order chi connectivity index (χ0) is 11.8. The minimum atomic E-state index is 0.755. The Bertz CT molecular complexity index is 536. The van der Waals surface area contributed by atoms with Gasteiger partial charge in [-0.1, -0.05) is 15.9 Å². The smallest absolute Gasteiger partial charge is 0.139 e. The highest BCUT2D eigenvalue weighted by atomic mass is 79.9. The highest BCUT2D eigenvalue weighted by Gasteiger charge is 2.16. The van der Waals surface area contributed by atoms with Crippen LogP contribution in [0.3, 0.4) is 0 Å². The minimum absolute atomic E-state index is 0.755. The van der Waals surface area contributed by atoms with Crippen molar-refractivity contribution in [2.75, 3.05) is 5.73 Å². The number of aromatic amines is 1. The van der Waals surface area contributed by atoms with Crippen molar-refractivity contribution in [1.29, 1.82) is 0 Å². The zero-order valence-electron chi connectivity index (χ0n) is 9.46. The van der Waals surface area contributed by atoms with Gasteiger partial charge in [0, 0.05) is 21.4 Å². The lowest BCUT2D eigenvalue weighted by atomic mass is 10.0. The SMILES string of the molecule is Nc1cc(Br)ccc1-c1nc2c([nH]1)CCCC2. The molecule has 0 bridgehead atoms. The Labute approximate surface area is 109 Å². The van der Waals surface area contributed by atoms with E-state index >= 15 is 0 Å². The first-order valence-corrected chi connectivity index (χ1v) is 6.66. The van der Waals surface area contributed by atoms with Gasteiger partial charge in [-0.3, -0.25) is 0 Å². The van der Waals surface area contributed by atoms with Crippen LogP contribution in [-0.4, -0.2) is 9.97 Å². The van der Waals surface area contributed by atoms with Crippen molar-refractivity contribution in [3.8, 4) is 11.4 Å². The molecule has 17 heavy (non-hydrogen) atoms. The highest BCUT2D eigenvalue weighted by Crippen LogP contribution is 2.29. The number of hydrogen-bond acceptors (Lipinski definition) is 2. The van der Waals surface area contributed by atoms with Crippen molar-refractivity contribution in [2.24, 2.45) is 0 Å². The molecule has 0 fully saturated rings. The number of fused-ring (bicyclic) bond motifs is 1. The van der Waals surface area contributed by atoms with Gasteiger partial charge in [-0.25, -0.2) is 4.98 Å². The zero-order valence-corrected chi connectivity index (χ0v) is 11.0. The average molecular weight is 292 g/mol. The summed E-state index contributed by atoms with van der Waals surface area (Å²) in [5.74, 6) is 0.905. The molecule has 0 aliphatic heterocycles. The van der Waals surface area contributed by atoms with Gasteiger partial charge in [-0.2, -0.15) is 0 Å². The van der Waals surface area contributed by atoms with Crippen molar-refractivity contribution in [1.82, 2.24) is 9.97 Å². The summed E-state index contributed by atoms with van der Waals surface area (Å²) in [4.78, 5) is 8.06. The Morgan fingerprint density at radius 1 is 1.24 bits per heavy atom. The monoisotopic (exact) mass is 291 g/mol. The molecule has 0 atom stereocenters. The van der Waals surface area contributed by atoms with Crippen LogP contribution in [0.4, 0.5) is 5.69 Å². The van der Waals surface area contributed by atoms with Crippen LogP contribution in [0.25, 0.3) is 11.4 Å². The largest absolute Gasteiger partial charge is 0.398 e. The van der Waals surface area contributed by atoms with E-state index in [0.29, 0.717) is 0 Å². The number of hydrogen-bond donors (Lipinski definition) is 2. The number of nitrogen functional groups attached to an aromatic ring is 1. The molecule has 0 radical (unpaired) electrons. The molecule has 3 N–H and O–H groups in total. The van der Waals surface area contributed by atoms with Crippen LogP contribution in [-0.2, 0) is 12.8 Å². The molecule has 3 rings (SSSR count). The average Bonchev–Trinajstić information content (AvgIpc) is 2.72. The van der Waals surface area contributed by atoms with E-state index in [1.54, 1.807) is 0 Å². The second kappa shape index (κ2) is 4.18. The Kier molecular flexibility index (Phi) is 2.67. The maximum atomic E-state index is 6.02. The molecule has 0 saturated heterocycles. The van der Waals surface area contributed by atoms with Gasteiger partial charge in [0.2, 0.25) is 0 Å². The van der Waals surface area contributed by atoms with Crippen molar-refractivity contribution < 1.29 is 0 Å². The molecule has 1 aromatic carbocycles. The fourth-order valence-electron chi connectivity index (χ4n) is 2.33. The van der Waals surface area contributed by atoms with E-state index in [1.165, 1.54) is 24.2 Å². The number of nitrogens with zero attached hydrogens (tertiary/aromatic N) is 1. The molecule has 3 nitrogen and oxygen atoms in total. The molecule has 0 amide bonds. The van der Waals surface area contributed by atoms with Gasteiger partial charge in [0.15, 0.2) is 0 Å². The van der Waals surface area contributed by atoms with E-state index in [9.17, 15) is 0 Å². The van der Waals surface area contributed by atoms with Crippen molar-refractivity contribution >= 4 is 21.6 Å². The summed E-state index contributed by atoms with van der Waals surface area (Å²) in [6, 6.07) is 5.91. The standard InChI is InChI=1S/C13H14BrN3/c14-8-5-6-9(10(15)7-8)13-16-11-3-1-2-4-12(11)17-13/h5-7H,1-4,15H2,(H,16,17). The van der Waals surface area contributed by atoms with Gasteiger partial charge in [0.25, 0.3) is 0 Å². The van der Waals surface area contributed by atoms with Crippen LogP contribution in [0.1, 0.15) is 24.2 Å². The van der Waals surface area contributed by atoms with E-state index in [-0.39, 0.29) is 0 Å². The van der Waals surface area contributed by atoms with Crippen LogP contribution in [0.15, 0.2) is 22.7 Å². The van der Waals surface area contributed by atoms with Crippen LogP contribution in [0.2, 0.25) is 0 Å². The van der Waals surface area contributed by atoms with Crippen LogP contribution >= 0.6 is 15.9 Å². The van der Waals surface area contributed by atoms with Gasteiger partial charge >= 0.3 is 0 Å². The lowest BCUT2D eigenvalue weighted by molar-refractivity contribution is 0.667. The molecule has 88 valence electrons. The fourth-order valence-corrected chi connectivity index (χ4v) is 2.71. The first kappa shape index (κ1) is 10.8. The molecule has 1 aliphatic rings. The number of aromatic nitrogens is 2. The summed E-state index contributed by atoms with van der Waals surface area (Å²) in [6.07, 6.45) is 4.69. The Balaban J connectivity index is 2.06. The second-order valence-electron chi connectivity index (χ2n) is 4.45. The number of nitrogens with two attached hydrogens (primary N) is 1. The molecule has 1 aliphatic carbocycles. The van der Waals surface area contributed by atoms with Crippen LogP contribution in [0.5, 0.6) is 0 Å². The maximum absolute atomic E-state index is 6.02. The second-order valence-corrected chi connectivity index (χ2v) is 5.37. The summed E-state index contributed by atoms with van der Waals surface area (Å²) >= 11 is 3.42. The predicted octanol–water partition coefficient (Wildman–Crippen LogP) is 3.30. The van der Waals surface area contributed by atoms with Crippen molar-refractivity contribution in [3.63, 3.8) is 0 Å². The van der Waals surface area contributed by atoms with Gasteiger partial charge in [0.05, 0.1) is 5.69 Å². The summed E-state index contributed by atoms with van der Waals surface area (Å²) in [7, 11) is 0. The number of aryl methyl sites for hydroxylation is 2. The van der Waals surface area contributed by atoms with E-state index in [2.05, 4.69) is 25.9 Å². The normalized spacial score (nSPS) is 14.6. The fraction of sp³-hybridized carbons (Fsp3) is 0.308. The van der Waals surface area contributed by atoms with E-state index < -0.39 is 0 Å². The van der Waals surface area contributed by atoms with E-state index in [0.717, 1.165) is 34.4 Å². The first-order chi connectivity index (χ1) is 8.24. The molecule has 1 heterocycles. The molecule has 2 aromatic rings. The number of nitrogens with one attached hydrogen (secondary N) is 1.